The molecule has 1 saturated heterocycles. The van der Waals surface area contributed by atoms with Gasteiger partial charge in [-0.15, -0.1) is 22.6 Å². The Morgan fingerprint density at radius 1 is 1.11 bits per heavy atom. The van der Waals surface area contributed by atoms with Crippen molar-refractivity contribution in [3.05, 3.63) is 46.0 Å². The van der Waals surface area contributed by atoms with Crippen molar-refractivity contribution in [2.75, 3.05) is 19.6 Å². The molecule has 0 saturated carbocycles. The van der Waals surface area contributed by atoms with Crippen LogP contribution in [-0.4, -0.2) is 45.2 Å². The highest BCUT2D eigenvalue weighted by molar-refractivity contribution is 5.85. The lowest BCUT2D eigenvalue weighted by Crippen LogP contribution is -2.39. The molecular weight excluding hydrogens is 374 g/mol. The molecule has 0 radical (unpaired) electrons. The fourth-order valence-electron chi connectivity index (χ4n) is 4.56. The number of hydrogen-bond donors (Lipinski definition) is 1. The number of hydrogen-bond acceptors (Lipinski definition) is 4. The Bertz CT molecular complexity index is 831. The summed E-state index contributed by atoms with van der Waals surface area (Å²) in [6.45, 7) is 10.7. The van der Waals surface area contributed by atoms with Crippen LogP contribution in [0.1, 0.15) is 52.7 Å². The summed E-state index contributed by atoms with van der Waals surface area (Å²) in [5.41, 5.74) is 4.89. The first kappa shape index (κ1) is 20.8. The minimum absolute atomic E-state index is 0. The second-order valence-corrected chi connectivity index (χ2v) is 8.01. The van der Waals surface area contributed by atoms with Gasteiger partial charge in [0.25, 0.3) is 0 Å². The van der Waals surface area contributed by atoms with Crippen molar-refractivity contribution in [3.63, 3.8) is 0 Å². The van der Waals surface area contributed by atoms with E-state index in [1.54, 1.807) is 0 Å². The summed E-state index contributed by atoms with van der Waals surface area (Å²) in [7, 11) is 0. The van der Waals surface area contributed by atoms with Gasteiger partial charge in [0.1, 0.15) is 11.6 Å². The number of carbonyl (C=O) groups is 1. The molecule has 1 N–H and O–H groups in total. The molecule has 6 nitrogen and oxygen atoms in total. The number of rotatable bonds is 3. The molecule has 2 aromatic rings. The minimum Gasteiger partial charge on any atom is -0.342 e. The minimum atomic E-state index is 0. The lowest BCUT2D eigenvalue weighted by molar-refractivity contribution is -0.131. The quantitative estimate of drug-likeness (QED) is 0.855. The Hall–Kier alpha value is -1.92. The summed E-state index contributed by atoms with van der Waals surface area (Å²) >= 11 is 0. The van der Waals surface area contributed by atoms with E-state index < -0.39 is 0 Å². The van der Waals surface area contributed by atoms with E-state index in [-0.39, 0.29) is 18.3 Å². The second-order valence-electron chi connectivity index (χ2n) is 8.01. The normalized spacial score (nSPS) is 17.2. The predicted octanol–water partition coefficient (Wildman–Crippen LogP) is 2.68. The molecule has 0 atom stereocenters. The van der Waals surface area contributed by atoms with Crippen LogP contribution in [0.4, 0.5) is 0 Å². The van der Waals surface area contributed by atoms with Gasteiger partial charge in [0.2, 0.25) is 5.91 Å². The van der Waals surface area contributed by atoms with E-state index >= 15 is 0 Å². The standard InChI is InChI=1S/C21H29N5O.ClH/c1-14-10-15(2)18(16(3)11-14)12-20(27)25-7-4-17(5-8-25)21-24-23-19-13-22-6-9-26(19)21;/h10-11,17,22H,4-9,12-13H2,1-3H3;1H. The number of halogens is 1. The highest BCUT2D eigenvalue weighted by Crippen LogP contribution is 2.28. The Kier molecular flexibility index (Phi) is 6.40. The molecule has 1 amide bonds. The first-order chi connectivity index (χ1) is 13.0. The number of amides is 1. The van der Waals surface area contributed by atoms with Crippen LogP contribution < -0.4 is 5.32 Å². The van der Waals surface area contributed by atoms with Crippen LogP contribution in [-0.2, 0) is 24.3 Å². The summed E-state index contributed by atoms with van der Waals surface area (Å²) in [5.74, 6) is 2.82. The Morgan fingerprint density at radius 2 is 1.79 bits per heavy atom. The number of aryl methyl sites for hydroxylation is 3. The third kappa shape index (κ3) is 4.08. The lowest BCUT2D eigenvalue weighted by atomic mass is 9.94. The van der Waals surface area contributed by atoms with Crippen molar-refractivity contribution in [2.24, 2.45) is 0 Å². The topological polar surface area (TPSA) is 63.1 Å². The van der Waals surface area contributed by atoms with E-state index in [0.29, 0.717) is 12.3 Å². The van der Waals surface area contributed by atoms with Gasteiger partial charge in [-0.25, -0.2) is 0 Å². The third-order valence-corrected chi connectivity index (χ3v) is 6.03. The Morgan fingerprint density at radius 3 is 2.46 bits per heavy atom. The SMILES string of the molecule is Cc1cc(C)c(CC(=O)N2CCC(c3nnc4n3CCNC4)CC2)c(C)c1.Cl. The van der Waals surface area contributed by atoms with Crippen molar-refractivity contribution in [2.45, 2.75) is 59.0 Å². The smallest absolute Gasteiger partial charge is 0.227 e. The number of fused-ring (bicyclic) bond motifs is 1. The van der Waals surface area contributed by atoms with Gasteiger partial charge in [-0.05, 0) is 50.3 Å². The molecule has 28 heavy (non-hydrogen) atoms. The maximum atomic E-state index is 12.9. The summed E-state index contributed by atoms with van der Waals surface area (Å²) in [5, 5.41) is 12.1. The van der Waals surface area contributed by atoms with Crippen LogP contribution in [0.2, 0.25) is 0 Å². The van der Waals surface area contributed by atoms with Crippen molar-refractivity contribution in [3.8, 4) is 0 Å². The highest BCUT2D eigenvalue weighted by Gasteiger charge is 2.29. The third-order valence-electron chi connectivity index (χ3n) is 6.03. The average Bonchev–Trinajstić information content (AvgIpc) is 3.09. The maximum absolute atomic E-state index is 12.9. The molecule has 0 unspecified atom stereocenters. The van der Waals surface area contributed by atoms with E-state index in [4.69, 9.17) is 0 Å². The van der Waals surface area contributed by atoms with Gasteiger partial charge in [0, 0.05) is 32.1 Å². The first-order valence-corrected chi connectivity index (χ1v) is 10.00. The number of benzene rings is 1. The number of piperidine rings is 1. The van der Waals surface area contributed by atoms with Crippen molar-refractivity contribution in [1.82, 2.24) is 25.0 Å². The monoisotopic (exact) mass is 403 g/mol. The van der Waals surface area contributed by atoms with Gasteiger partial charge in [-0.2, -0.15) is 0 Å². The van der Waals surface area contributed by atoms with Crippen molar-refractivity contribution >= 4 is 18.3 Å². The summed E-state index contributed by atoms with van der Waals surface area (Å²) in [6.07, 6.45) is 2.46. The van der Waals surface area contributed by atoms with E-state index in [1.807, 2.05) is 4.90 Å². The molecule has 1 fully saturated rings. The van der Waals surface area contributed by atoms with E-state index in [2.05, 4.69) is 53.0 Å². The fourth-order valence-corrected chi connectivity index (χ4v) is 4.56. The van der Waals surface area contributed by atoms with Gasteiger partial charge in [-0.1, -0.05) is 17.7 Å². The fraction of sp³-hybridized carbons (Fsp3) is 0.571. The molecule has 2 aliphatic heterocycles. The highest BCUT2D eigenvalue weighted by atomic mass is 35.5. The van der Waals surface area contributed by atoms with Crippen LogP contribution in [0.5, 0.6) is 0 Å². The molecule has 1 aromatic heterocycles. The average molecular weight is 404 g/mol. The zero-order chi connectivity index (χ0) is 19.0. The predicted molar refractivity (Wildman–Crippen MR) is 112 cm³/mol. The maximum Gasteiger partial charge on any atom is 0.227 e. The number of aromatic nitrogens is 3. The van der Waals surface area contributed by atoms with Crippen LogP contribution in [0.25, 0.3) is 0 Å². The largest absolute Gasteiger partial charge is 0.342 e. The molecule has 0 bridgehead atoms. The van der Waals surface area contributed by atoms with Crippen molar-refractivity contribution in [1.29, 1.82) is 0 Å². The molecule has 3 heterocycles. The second kappa shape index (κ2) is 8.62. The lowest BCUT2D eigenvalue weighted by Gasteiger charge is -2.32. The summed E-state index contributed by atoms with van der Waals surface area (Å²) < 4.78 is 2.28. The van der Waals surface area contributed by atoms with Crippen LogP contribution in [0.3, 0.4) is 0 Å². The first-order valence-electron chi connectivity index (χ1n) is 10.00. The van der Waals surface area contributed by atoms with Crippen LogP contribution in [0.15, 0.2) is 12.1 Å². The Labute approximate surface area is 173 Å². The molecule has 1 aromatic carbocycles. The summed E-state index contributed by atoms with van der Waals surface area (Å²) in [6, 6.07) is 4.34. The van der Waals surface area contributed by atoms with Crippen LogP contribution in [0, 0.1) is 20.8 Å². The van der Waals surface area contributed by atoms with Gasteiger partial charge in [0.05, 0.1) is 13.0 Å². The molecule has 0 aliphatic carbocycles. The number of likely N-dealkylation sites (tertiary alicyclic amines) is 1. The zero-order valence-corrected chi connectivity index (χ0v) is 17.8. The summed E-state index contributed by atoms with van der Waals surface area (Å²) in [4.78, 5) is 14.9. The molecule has 152 valence electrons. The van der Waals surface area contributed by atoms with Gasteiger partial charge < -0.3 is 14.8 Å². The number of nitrogens with zero attached hydrogens (tertiary/aromatic N) is 4. The van der Waals surface area contributed by atoms with Crippen LogP contribution >= 0.6 is 12.4 Å². The van der Waals surface area contributed by atoms with E-state index in [0.717, 1.165) is 57.2 Å². The molecular formula is C21H30ClN5O. The number of carbonyl (C=O) groups excluding carboxylic acids is 1. The van der Waals surface area contributed by atoms with E-state index in [9.17, 15) is 4.79 Å². The van der Waals surface area contributed by atoms with Crippen molar-refractivity contribution < 1.29 is 4.79 Å². The number of nitrogens with one attached hydrogen (secondary N) is 1. The zero-order valence-electron chi connectivity index (χ0n) is 17.0. The molecule has 7 heteroatoms. The molecule has 4 rings (SSSR count). The Balaban J connectivity index is 0.00000225. The van der Waals surface area contributed by atoms with E-state index in [1.165, 1.54) is 22.3 Å². The van der Waals surface area contributed by atoms with Gasteiger partial charge in [0.15, 0.2) is 0 Å². The molecule has 0 spiro atoms. The van der Waals surface area contributed by atoms with Gasteiger partial charge >= 0.3 is 0 Å². The van der Waals surface area contributed by atoms with Gasteiger partial charge in [-0.3, -0.25) is 4.79 Å². The molecule has 2 aliphatic rings.